The van der Waals surface area contributed by atoms with E-state index >= 15 is 0 Å². The van der Waals surface area contributed by atoms with E-state index < -0.39 is 0 Å². The van der Waals surface area contributed by atoms with E-state index in [1.807, 2.05) is 30.5 Å². The van der Waals surface area contributed by atoms with E-state index in [-0.39, 0.29) is 0 Å². The molecule has 2 aromatic rings. The molecule has 64 valence electrons. The third-order valence-electron chi connectivity index (χ3n) is 1.66. The predicted molar refractivity (Wildman–Crippen MR) is 51.8 cm³/mol. The molecule has 0 unspecified atom stereocenters. The molecule has 2 aromatic heterocycles. The van der Waals surface area contributed by atoms with Gasteiger partial charge in [-0.1, -0.05) is 0 Å². The highest BCUT2D eigenvalue weighted by Gasteiger charge is 1.86. The Morgan fingerprint density at radius 2 is 2.00 bits per heavy atom. The zero-order valence-corrected chi connectivity index (χ0v) is 7.01. The lowest BCUT2D eigenvalue weighted by atomic mass is 10.3. The van der Waals surface area contributed by atoms with Crippen molar-refractivity contribution >= 4 is 12.2 Å². The number of rotatable bonds is 2. The highest BCUT2D eigenvalue weighted by atomic mass is 14.8. The van der Waals surface area contributed by atoms with Crippen LogP contribution in [0.2, 0.25) is 0 Å². The fourth-order valence-corrected chi connectivity index (χ4v) is 1.03. The largest absolute Gasteiger partial charge is 0.362 e. The maximum atomic E-state index is 3.91. The van der Waals surface area contributed by atoms with Crippen LogP contribution in [-0.2, 0) is 0 Å². The molecule has 0 aliphatic rings. The molecule has 13 heavy (non-hydrogen) atoms. The Morgan fingerprint density at radius 3 is 2.69 bits per heavy atom. The van der Waals surface area contributed by atoms with Gasteiger partial charge in [-0.15, -0.1) is 0 Å². The molecule has 0 fully saturated rings. The summed E-state index contributed by atoms with van der Waals surface area (Å²) in [6, 6.07) is 3.96. The molecule has 0 bridgehead atoms. The fourth-order valence-electron chi connectivity index (χ4n) is 1.03. The molecule has 0 spiro atoms. The molecule has 0 aromatic carbocycles. The van der Waals surface area contributed by atoms with Crippen molar-refractivity contribution in [3.8, 4) is 0 Å². The minimum absolute atomic E-state index is 0.997. The molecule has 0 amide bonds. The zero-order chi connectivity index (χ0) is 8.93. The van der Waals surface area contributed by atoms with Crippen LogP contribution >= 0.6 is 0 Å². The van der Waals surface area contributed by atoms with Crippen molar-refractivity contribution in [1.29, 1.82) is 0 Å². The molecule has 3 heteroatoms. The smallest absolute Gasteiger partial charge is 0.115 e. The SMILES string of the molecule is C(=C\c1ccc[nH]1)/c1cncnc1. The van der Waals surface area contributed by atoms with Crippen molar-refractivity contribution in [3.63, 3.8) is 0 Å². The lowest BCUT2D eigenvalue weighted by Crippen LogP contribution is -1.77. The third-order valence-corrected chi connectivity index (χ3v) is 1.66. The van der Waals surface area contributed by atoms with Crippen molar-refractivity contribution < 1.29 is 0 Å². The van der Waals surface area contributed by atoms with Gasteiger partial charge in [-0.2, -0.15) is 0 Å². The topological polar surface area (TPSA) is 41.6 Å². The minimum atomic E-state index is 0.997. The third kappa shape index (κ3) is 2.02. The lowest BCUT2D eigenvalue weighted by molar-refractivity contribution is 1.16. The molecule has 0 atom stereocenters. The normalized spacial score (nSPS) is 10.8. The Morgan fingerprint density at radius 1 is 1.15 bits per heavy atom. The molecule has 3 nitrogen and oxygen atoms in total. The standard InChI is InChI=1S/C10H9N3/c1-2-10(13-5-1)4-3-9-6-11-8-12-7-9/h1-8,13H/b4-3+. The second-order valence-electron chi connectivity index (χ2n) is 2.63. The van der Waals surface area contributed by atoms with E-state index in [1.54, 1.807) is 12.4 Å². The Labute approximate surface area is 76.2 Å². The van der Waals surface area contributed by atoms with Gasteiger partial charge < -0.3 is 4.98 Å². The van der Waals surface area contributed by atoms with Gasteiger partial charge in [-0.3, -0.25) is 0 Å². The first-order valence-corrected chi connectivity index (χ1v) is 4.01. The van der Waals surface area contributed by atoms with Crippen molar-refractivity contribution in [2.75, 3.05) is 0 Å². The molecule has 0 aliphatic carbocycles. The summed E-state index contributed by atoms with van der Waals surface area (Å²) in [5.74, 6) is 0. The van der Waals surface area contributed by atoms with E-state index in [0.29, 0.717) is 0 Å². The van der Waals surface area contributed by atoms with E-state index in [0.717, 1.165) is 11.3 Å². The summed E-state index contributed by atoms with van der Waals surface area (Å²) in [6.45, 7) is 0. The van der Waals surface area contributed by atoms with Gasteiger partial charge >= 0.3 is 0 Å². The Hall–Kier alpha value is -1.90. The zero-order valence-electron chi connectivity index (χ0n) is 7.01. The van der Waals surface area contributed by atoms with Crippen LogP contribution in [0, 0.1) is 0 Å². The fraction of sp³-hybridized carbons (Fsp3) is 0. The van der Waals surface area contributed by atoms with E-state index in [2.05, 4.69) is 15.0 Å². The first kappa shape index (κ1) is 7.73. The van der Waals surface area contributed by atoms with E-state index in [1.165, 1.54) is 6.33 Å². The summed E-state index contributed by atoms with van der Waals surface area (Å²) in [7, 11) is 0. The average Bonchev–Trinajstić information content (AvgIpc) is 2.69. The number of H-pyrrole nitrogens is 1. The summed E-state index contributed by atoms with van der Waals surface area (Å²) < 4.78 is 0. The van der Waals surface area contributed by atoms with Gasteiger partial charge in [0.25, 0.3) is 0 Å². The quantitative estimate of drug-likeness (QED) is 0.750. The lowest BCUT2D eigenvalue weighted by Gasteiger charge is -1.88. The van der Waals surface area contributed by atoms with Gasteiger partial charge in [0.2, 0.25) is 0 Å². The molecule has 1 N–H and O–H groups in total. The molecule has 0 saturated carbocycles. The number of hydrogen-bond donors (Lipinski definition) is 1. The highest BCUT2D eigenvalue weighted by Crippen LogP contribution is 2.03. The van der Waals surface area contributed by atoms with E-state index in [4.69, 9.17) is 0 Å². The molecule has 2 rings (SSSR count). The Balaban J connectivity index is 2.15. The first-order valence-electron chi connectivity index (χ1n) is 4.01. The van der Waals surface area contributed by atoms with Crippen molar-refractivity contribution in [1.82, 2.24) is 15.0 Å². The van der Waals surface area contributed by atoms with Crippen LogP contribution in [0.4, 0.5) is 0 Å². The number of aromatic nitrogens is 3. The highest BCUT2D eigenvalue weighted by molar-refractivity contribution is 5.66. The van der Waals surface area contributed by atoms with Gasteiger partial charge in [0.05, 0.1) is 0 Å². The van der Waals surface area contributed by atoms with Crippen LogP contribution in [0.15, 0.2) is 37.1 Å². The van der Waals surface area contributed by atoms with Crippen molar-refractivity contribution in [3.05, 3.63) is 48.3 Å². The minimum Gasteiger partial charge on any atom is -0.362 e. The van der Waals surface area contributed by atoms with Gasteiger partial charge in [-0.05, 0) is 24.3 Å². The Bertz CT molecular complexity index is 376. The molecular weight excluding hydrogens is 162 g/mol. The van der Waals surface area contributed by atoms with Crippen LogP contribution in [0.5, 0.6) is 0 Å². The second-order valence-corrected chi connectivity index (χ2v) is 2.63. The maximum absolute atomic E-state index is 3.91. The summed E-state index contributed by atoms with van der Waals surface area (Å²) in [4.78, 5) is 10.9. The van der Waals surface area contributed by atoms with Crippen LogP contribution < -0.4 is 0 Å². The molecule has 2 heterocycles. The summed E-state index contributed by atoms with van der Waals surface area (Å²) in [5.41, 5.74) is 2.07. The van der Waals surface area contributed by atoms with Crippen LogP contribution in [0.1, 0.15) is 11.3 Å². The molecule has 0 aliphatic heterocycles. The second kappa shape index (κ2) is 3.67. The summed E-state index contributed by atoms with van der Waals surface area (Å²) in [6.07, 6.45) is 10.9. The Kier molecular flexibility index (Phi) is 2.18. The van der Waals surface area contributed by atoms with Crippen LogP contribution in [0.25, 0.3) is 12.2 Å². The average molecular weight is 171 g/mol. The summed E-state index contributed by atoms with van der Waals surface area (Å²) in [5, 5.41) is 0. The van der Waals surface area contributed by atoms with Gasteiger partial charge in [0.1, 0.15) is 6.33 Å². The van der Waals surface area contributed by atoms with Gasteiger partial charge in [0, 0.05) is 29.8 Å². The molecule has 0 radical (unpaired) electrons. The van der Waals surface area contributed by atoms with Crippen LogP contribution in [-0.4, -0.2) is 15.0 Å². The summed E-state index contributed by atoms with van der Waals surface area (Å²) >= 11 is 0. The number of nitrogens with one attached hydrogen (secondary N) is 1. The molecule has 0 saturated heterocycles. The van der Waals surface area contributed by atoms with E-state index in [9.17, 15) is 0 Å². The van der Waals surface area contributed by atoms with Gasteiger partial charge in [-0.25, -0.2) is 9.97 Å². The maximum Gasteiger partial charge on any atom is 0.115 e. The predicted octanol–water partition coefficient (Wildman–Crippen LogP) is 1.98. The van der Waals surface area contributed by atoms with Crippen molar-refractivity contribution in [2.45, 2.75) is 0 Å². The van der Waals surface area contributed by atoms with Crippen molar-refractivity contribution in [2.24, 2.45) is 0 Å². The number of aromatic amines is 1. The number of nitrogens with zero attached hydrogens (tertiary/aromatic N) is 2. The molecular formula is C10H9N3. The van der Waals surface area contributed by atoms with Crippen LogP contribution in [0.3, 0.4) is 0 Å². The van der Waals surface area contributed by atoms with Gasteiger partial charge in [0.15, 0.2) is 0 Å². The number of hydrogen-bond acceptors (Lipinski definition) is 2. The first-order chi connectivity index (χ1) is 6.45. The monoisotopic (exact) mass is 171 g/mol.